The van der Waals surface area contributed by atoms with Crippen LogP contribution in [0.15, 0.2) is 35.2 Å². The molecule has 0 aliphatic carbocycles. The van der Waals surface area contributed by atoms with Crippen LogP contribution in [0.3, 0.4) is 0 Å². The normalized spacial score (nSPS) is 18.3. The Labute approximate surface area is 191 Å². The number of fused-ring (bicyclic) bond motifs is 1. The number of hydrogen-bond donors (Lipinski definition) is 0. The van der Waals surface area contributed by atoms with E-state index in [9.17, 15) is 9.59 Å². The first kappa shape index (κ1) is 20.9. The van der Waals surface area contributed by atoms with E-state index in [-0.39, 0.29) is 17.2 Å². The van der Waals surface area contributed by atoms with Gasteiger partial charge in [-0.05, 0) is 67.0 Å². The van der Waals surface area contributed by atoms with Gasteiger partial charge in [-0.25, -0.2) is 9.50 Å². The number of aromatic nitrogens is 3. The van der Waals surface area contributed by atoms with E-state index < -0.39 is 0 Å². The van der Waals surface area contributed by atoms with Crippen molar-refractivity contribution in [2.24, 2.45) is 5.41 Å². The zero-order valence-electron chi connectivity index (χ0n) is 18.5. The smallest absolute Gasteiger partial charge is 0.257 e. The molecule has 0 N–H and O–H groups in total. The lowest BCUT2D eigenvalue weighted by Gasteiger charge is -2.39. The van der Waals surface area contributed by atoms with Gasteiger partial charge in [0, 0.05) is 44.5 Å². The molecule has 7 nitrogen and oxygen atoms in total. The van der Waals surface area contributed by atoms with Gasteiger partial charge in [0.2, 0.25) is 5.91 Å². The molecule has 5 rings (SSSR count). The molecule has 2 fully saturated rings. The second-order valence-corrected chi connectivity index (χ2v) is 9.79. The number of aryl methyl sites for hydroxylation is 2. The lowest BCUT2D eigenvalue weighted by molar-refractivity contribution is -0.128. The summed E-state index contributed by atoms with van der Waals surface area (Å²) in [7, 11) is 0. The molecule has 0 radical (unpaired) electrons. The summed E-state index contributed by atoms with van der Waals surface area (Å²) in [6, 6.07) is 3.92. The van der Waals surface area contributed by atoms with Crippen molar-refractivity contribution in [2.45, 2.75) is 33.1 Å². The number of carbonyl (C=O) groups excluding carboxylic acids is 2. The van der Waals surface area contributed by atoms with Crippen molar-refractivity contribution in [1.82, 2.24) is 24.4 Å². The average Bonchev–Trinajstić information content (AvgIpc) is 3.53. The fraction of sp³-hybridized carbons (Fsp3) is 0.417. The Balaban J connectivity index is 1.22. The molecule has 0 atom stereocenters. The summed E-state index contributed by atoms with van der Waals surface area (Å²) < 4.78 is 1.75. The first-order valence-corrected chi connectivity index (χ1v) is 12.0. The van der Waals surface area contributed by atoms with Crippen molar-refractivity contribution >= 4 is 34.9 Å². The third kappa shape index (κ3) is 3.83. The first-order valence-electron chi connectivity index (χ1n) is 11.0. The van der Waals surface area contributed by atoms with Gasteiger partial charge in [-0.15, -0.1) is 0 Å². The molecule has 2 saturated heterocycles. The molecule has 2 aliphatic heterocycles. The van der Waals surface area contributed by atoms with E-state index in [0.717, 1.165) is 68.0 Å². The van der Waals surface area contributed by atoms with Crippen LogP contribution < -0.4 is 0 Å². The highest BCUT2D eigenvalue weighted by Gasteiger charge is 2.43. The SMILES string of the molecule is Cc1cc2ncc(C(=O)N3CCC4(CCN(C(=O)/C=C/c5ccsc5)CC4)C3)c(C)n2n1. The van der Waals surface area contributed by atoms with Crippen molar-refractivity contribution in [3.63, 3.8) is 0 Å². The van der Waals surface area contributed by atoms with Crippen LogP contribution >= 0.6 is 11.3 Å². The lowest BCUT2D eigenvalue weighted by Crippen LogP contribution is -2.44. The summed E-state index contributed by atoms with van der Waals surface area (Å²) in [5, 5.41) is 8.50. The second kappa shape index (κ2) is 8.16. The zero-order chi connectivity index (χ0) is 22.3. The van der Waals surface area contributed by atoms with Gasteiger partial charge >= 0.3 is 0 Å². The summed E-state index contributed by atoms with van der Waals surface area (Å²) in [5.74, 6) is 0.0978. The molecular weight excluding hydrogens is 422 g/mol. The standard InChI is InChI=1S/C24H27N5O2S/c1-17-13-21-25-14-20(18(2)29(21)26-17)23(31)28-11-8-24(16-28)6-9-27(10-7-24)22(30)4-3-19-5-12-32-15-19/h3-5,12-15H,6-11,16H2,1-2H3/b4-3+. The molecule has 0 aromatic carbocycles. The lowest BCUT2D eigenvalue weighted by atomic mass is 9.78. The van der Waals surface area contributed by atoms with Crippen molar-refractivity contribution in [3.05, 3.63) is 57.7 Å². The van der Waals surface area contributed by atoms with E-state index >= 15 is 0 Å². The minimum Gasteiger partial charge on any atom is -0.339 e. The summed E-state index contributed by atoms with van der Waals surface area (Å²) in [4.78, 5) is 34.2. The maximum absolute atomic E-state index is 13.3. The summed E-state index contributed by atoms with van der Waals surface area (Å²) in [6.07, 6.45) is 8.09. The van der Waals surface area contributed by atoms with E-state index in [4.69, 9.17) is 0 Å². The Morgan fingerprint density at radius 2 is 1.88 bits per heavy atom. The first-order chi connectivity index (χ1) is 15.4. The highest BCUT2D eigenvalue weighted by molar-refractivity contribution is 7.08. The predicted molar refractivity (Wildman–Crippen MR) is 125 cm³/mol. The highest BCUT2D eigenvalue weighted by Crippen LogP contribution is 2.41. The third-order valence-electron chi connectivity index (χ3n) is 6.90. The van der Waals surface area contributed by atoms with E-state index in [0.29, 0.717) is 5.56 Å². The molecule has 2 amide bonds. The Morgan fingerprint density at radius 3 is 2.59 bits per heavy atom. The van der Waals surface area contributed by atoms with Crippen LogP contribution in [0.1, 0.15) is 46.6 Å². The summed E-state index contributed by atoms with van der Waals surface area (Å²) in [6.45, 7) is 6.83. The number of nitrogens with zero attached hydrogens (tertiary/aromatic N) is 5. The molecule has 3 aromatic heterocycles. The maximum atomic E-state index is 13.3. The number of piperidine rings is 1. The summed E-state index contributed by atoms with van der Waals surface area (Å²) in [5.41, 5.74) is 4.26. The van der Waals surface area contributed by atoms with Gasteiger partial charge in [-0.2, -0.15) is 16.4 Å². The van der Waals surface area contributed by atoms with E-state index in [2.05, 4.69) is 10.1 Å². The van der Waals surface area contributed by atoms with Crippen LogP contribution in [-0.2, 0) is 4.79 Å². The van der Waals surface area contributed by atoms with Crippen LogP contribution in [0.2, 0.25) is 0 Å². The molecule has 5 heterocycles. The minimum atomic E-state index is 0.0270. The highest BCUT2D eigenvalue weighted by atomic mass is 32.1. The minimum absolute atomic E-state index is 0.0270. The number of thiophene rings is 1. The van der Waals surface area contributed by atoms with Crippen molar-refractivity contribution in [2.75, 3.05) is 26.2 Å². The van der Waals surface area contributed by atoms with Gasteiger partial charge in [0.25, 0.3) is 5.91 Å². The van der Waals surface area contributed by atoms with Gasteiger partial charge in [0.15, 0.2) is 5.65 Å². The van der Waals surface area contributed by atoms with Gasteiger partial charge in [0.1, 0.15) is 0 Å². The Bertz CT molecular complexity index is 1190. The molecule has 32 heavy (non-hydrogen) atoms. The largest absolute Gasteiger partial charge is 0.339 e. The monoisotopic (exact) mass is 449 g/mol. The van der Waals surface area contributed by atoms with Crippen LogP contribution in [0, 0.1) is 19.3 Å². The van der Waals surface area contributed by atoms with Crippen LogP contribution in [-0.4, -0.2) is 62.4 Å². The van der Waals surface area contributed by atoms with Gasteiger partial charge in [-0.1, -0.05) is 0 Å². The molecule has 1 spiro atoms. The van der Waals surface area contributed by atoms with Crippen molar-refractivity contribution in [1.29, 1.82) is 0 Å². The molecule has 2 aliphatic rings. The zero-order valence-corrected chi connectivity index (χ0v) is 19.3. The molecule has 8 heteroatoms. The molecule has 0 unspecified atom stereocenters. The van der Waals surface area contributed by atoms with Crippen molar-refractivity contribution < 1.29 is 9.59 Å². The van der Waals surface area contributed by atoms with E-state index in [1.807, 2.05) is 52.6 Å². The number of rotatable bonds is 3. The number of hydrogen-bond acceptors (Lipinski definition) is 5. The molecule has 0 bridgehead atoms. The van der Waals surface area contributed by atoms with Crippen LogP contribution in [0.25, 0.3) is 11.7 Å². The Hall–Kier alpha value is -3.00. The van der Waals surface area contributed by atoms with E-state index in [1.54, 1.807) is 28.1 Å². The number of likely N-dealkylation sites (tertiary alicyclic amines) is 2. The van der Waals surface area contributed by atoms with Crippen LogP contribution in [0.4, 0.5) is 0 Å². The second-order valence-electron chi connectivity index (χ2n) is 9.01. The Kier molecular flexibility index (Phi) is 5.33. The average molecular weight is 450 g/mol. The quantitative estimate of drug-likeness (QED) is 0.573. The topological polar surface area (TPSA) is 70.8 Å². The Morgan fingerprint density at radius 1 is 1.12 bits per heavy atom. The molecule has 0 saturated carbocycles. The van der Waals surface area contributed by atoms with Gasteiger partial charge < -0.3 is 9.80 Å². The number of carbonyl (C=O) groups is 2. The van der Waals surface area contributed by atoms with Gasteiger partial charge in [0.05, 0.1) is 17.0 Å². The van der Waals surface area contributed by atoms with E-state index in [1.165, 1.54) is 0 Å². The van der Waals surface area contributed by atoms with Crippen LogP contribution in [0.5, 0.6) is 0 Å². The van der Waals surface area contributed by atoms with Gasteiger partial charge in [-0.3, -0.25) is 9.59 Å². The third-order valence-corrected chi connectivity index (χ3v) is 7.60. The maximum Gasteiger partial charge on any atom is 0.257 e. The van der Waals surface area contributed by atoms with Crippen molar-refractivity contribution in [3.8, 4) is 0 Å². The summed E-state index contributed by atoms with van der Waals surface area (Å²) >= 11 is 1.63. The molecule has 3 aromatic rings. The molecule has 166 valence electrons. The molecular formula is C24H27N5O2S. The fourth-order valence-corrected chi connectivity index (χ4v) is 5.53. The predicted octanol–water partition coefficient (Wildman–Crippen LogP) is 3.58. The fourth-order valence-electron chi connectivity index (χ4n) is 4.90. The number of amides is 2.